The van der Waals surface area contributed by atoms with Crippen molar-refractivity contribution in [2.75, 3.05) is 37.4 Å². The molecule has 4 N–H and O–H groups in total. The van der Waals surface area contributed by atoms with Crippen LogP contribution in [0.4, 0.5) is 16.2 Å². The first-order valence-electron chi connectivity index (χ1n) is 12.8. The number of nitrogens with two attached hydrogens (primary N) is 1. The van der Waals surface area contributed by atoms with E-state index in [1.54, 1.807) is 16.7 Å². The van der Waals surface area contributed by atoms with Crippen LogP contribution in [-0.4, -0.2) is 88.9 Å². The summed E-state index contributed by atoms with van der Waals surface area (Å²) in [5.41, 5.74) is 9.66. The van der Waals surface area contributed by atoms with Crippen molar-refractivity contribution in [3.05, 3.63) is 24.0 Å². The number of likely N-dealkylation sites (tertiary alicyclic amines) is 1. The number of pyridine rings is 1. The smallest absolute Gasteiger partial charge is 0.243 e. The number of piperidine rings is 1. The fourth-order valence-corrected chi connectivity index (χ4v) is 6.05. The van der Waals surface area contributed by atoms with Crippen LogP contribution in [0, 0.1) is 6.92 Å². The van der Waals surface area contributed by atoms with Crippen molar-refractivity contribution in [1.29, 1.82) is 0 Å². The summed E-state index contributed by atoms with van der Waals surface area (Å²) >= 11 is 0. The van der Waals surface area contributed by atoms with Gasteiger partial charge >= 0.3 is 0 Å². The van der Waals surface area contributed by atoms with Crippen LogP contribution in [0.1, 0.15) is 26.1 Å². The second-order valence-corrected chi connectivity index (χ2v) is 11.6. The van der Waals surface area contributed by atoms with Crippen LogP contribution in [0.25, 0.3) is 27.9 Å². The predicted octanol–water partition coefficient (Wildman–Crippen LogP) is 2.61. The number of nitrogens with zero attached hydrogens (tertiary/aromatic N) is 7. The number of rotatable bonds is 6. The molecule has 4 unspecified atom stereocenters. The molecule has 13 heteroatoms. The molecule has 0 aromatic carbocycles. The summed E-state index contributed by atoms with van der Waals surface area (Å²) in [5.74, 6) is 1.18. The molecule has 6 rings (SSSR count). The summed E-state index contributed by atoms with van der Waals surface area (Å²) in [6, 6.07) is 5.35. The molecular formula is C25H33FN9O2P. The van der Waals surface area contributed by atoms with E-state index in [2.05, 4.69) is 41.4 Å². The zero-order valence-corrected chi connectivity index (χ0v) is 22.9. The molecule has 6 heterocycles. The number of hydrogen-bond acceptors (Lipinski definition) is 9. The summed E-state index contributed by atoms with van der Waals surface area (Å²) < 4.78 is 22.4. The van der Waals surface area contributed by atoms with Gasteiger partial charge in [-0.15, -0.1) is 14.3 Å². The lowest BCUT2D eigenvalue weighted by molar-refractivity contribution is -0.134. The Balaban J connectivity index is 1.30. The van der Waals surface area contributed by atoms with Crippen molar-refractivity contribution in [2.24, 2.45) is 0 Å². The maximum atomic E-state index is 13.8. The molecule has 38 heavy (non-hydrogen) atoms. The van der Waals surface area contributed by atoms with Gasteiger partial charge in [0.25, 0.3) is 0 Å². The maximum absolute atomic E-state index is 13.8. The highest BCUT2D eigenvalue weighted by Crippen LogP contribution is 2.35. The number of hydrogen-bond donors (Lipinski definition) is 3. The minimum Gasteiger partial charge on any atom is -0.493 e. The van der Waals surface area contributed by atoms with E-state index in [1.165, 1.54) is 11.4 Å². The molecule has 2 fully saturated rings. The third-order valence-electron chi connectivity index (χ3n) is 7.68. The van der Waals surface area contributed by atoms with Crippen LogP contribution in [0.3, 0.4) is 0 Å². The molecule has 2 aliphatic rings. The second kappa shape index (κ2) is 9.29. The number of nitrogen functional groups attached to an aromatic ring is 1. The predicted molar refractivity (Wildman–Crippen MR) is 147 cm³/mol. The molecule has 2 saturated heterocycles. The minimum absolute atomic E-state index is 0.0775. The highest BCUT2D eigenvalue weighted by atomic mass is 31.0. The molecule has 11 nitrogen and oxygen atoms in total. The number of alkyl halides is 1. The van der Waals surface area contributed by atoms with Gasteiger partial charge in [-0.1, -0.05) is 0 Å². The summed E-state index contributed by atoms with van der Waals surface area (Å²) in [4.78, 5) is 16.3. The van der Waals surface area contributed by atoms with E-state index in [-0.39, 0.29) is 35.5 Å². The third-order valence-corrected chi connectivity index (χ3v) is 8.35. The number of aromatic nitrogens is 6. The SMILES string of the molecule is Cc1nc2ccc(-c3cc(O)n4nc(NC5CCN(C6(C)COC6)CC5P)nc(N)c34)nc2n1CC(C)F. The van der Waals surface area contributed by atoms with Gasteiger partial charge in [-0.05, 0) is 39.3 Å². The number of fused-ring (bicyclic) bond motifs is 2. The zero-order chi connectivity index (χ0) is 26.8. The lowest BCUT2D eigenvalue weighted by Crippen LogP contribution is -2.64. The number of aromatic hydroxyl groups is 1. The van der Waals surface area contributed by atoms with E-state index >= 15 is 0 Å². The van der Waals surface area contributed by atoms with Gasteiger partial charge in [-0.2, -0.15) is 9.50 Å². The number of nitrogens with one attached hydrogen (secondary N) is 1. The Kier molecular flexibility index (Phi) is 6.16. The lowest BCUT2D eigenvalue weighted by Gasteiger charge is -2.51. The standard InChI is InChI=1S/C25H33FN9O2P/c1-13(26)9-34-14(2)28-18-5-4-16(29-23(18)34)15-8-20(36)35-21(15)22(27)31-24(32-35)30-17-6-7-33(10-19(17)38)25(3)11-37-12-25/h4-5,8,13,17,19,36H,6-7,9-12,38H2,1-3H3,(H3,27,30,31,32). The molecule has 0 bridgehead atoms. The minimum atomic E-state index is -1.05. The Labute approximate surface area is 221 Å². The molecule has 0 amide bonds. The molecule has 202 valence electrons. The number of imidazole rings is 1. The maximum Gasteiger partial charge on any atom is 0.243 e. The summed E-state index contributed by atoms with van der Waals surface area (Å²) in [6.07, 6.45) is -0.128. The lowest BCUT2D eigenvalue weighted by atomic mass is 9.93. The van der Waals surface area contributed by atoms with E-state index in [4.69, 9.17) is 15.5 Å². The molecule has 0 aliphatic carbocycles. The van der Waals surface area contributed by atoms with E-state index in [0.717, 1.165) is 32.7 Å². The van der Waals surface area contributed by atoms with Gasteiger partial charge < -0.3 is 25.5 Å². The molecular weight excluding hydrogens is 508 g/mol. The quantitative estimate of drug-likeness (QED) is 0.315. The number of anilines is 2. The van der Waals surface area contributed by atoms with E-state index in [9.17, 15) is 9.50 Å². The van der Waals surface area contributed by atoms with Gasteiger partial charge in [-0.25, -0.2) is 14.4 Å². The Morgan fingerprint density at radius 1 is 1.32 bits per heavy atom. The highest BCUT2D eigenvalue weighted by Gasteiger charge is 2.42. The summed E-state index contributed by atoms with van der Waals surface area (Å²) in [6.45, 7) is 9.14. The van der Waals surface area contributed by atoms with E-state index in [0.29, 0.717) is 39.7 Å². The highest BCUT2D eigenvalue weighted by molar-refractivity contribution is 7.17. The van der Waals surface area contributed by atoms with Crippen LogP contribution in [0.5, 0.6) is 5.88 Å². The van der Waals surface area contributed by atoms with Crippen molar-refractivity contribution in [3.8, 4) is 17.1 Å². The summed E-state index contributed by atoms with van der Waals surface area (Å²) in [7, 11) is 2.94. The van der Waals surface area contributed by atoms with Gasteiger partial charge in [0, 0.05) is 36.4 Å². The molecule has 4 aromatic rings. The zero-order valence-electron chi connectivity index (χ0n) is 21.7. The fourth-order valence-electron chi connectivity index (χ4n) is 5.51. The fraction of sp³-hybridized carbons (Fsp3) is 0.520. The van der Waals surface area contributed by atoms with Crippen LogP contribution < -0.4 is 11.1 Å². The summed E-state index contributed by atoms with van der Waals surface area (Å²) in [5, 5.41) is 18.8. The molecule has 0 spiro atoms. The van der Waals surface area contributed by atoms with Crippen molar-refractivity contribution < 1.29 is 14.2 Å². The number of aryl methyl sites for hydroxylation is 1. The molecule has 4 atom stereocenters. The van der Waals surface area contributed by atoms with Crippen molar-refractivity contribution in [1.82, 2.24) is 34.0 Å². The van der Waals surface area contributed by atoms with Gasteiger partial charge in [0.2, 0.25) is 11.8 Å². The molecule has 2 aliphatic heterocycles. The largest absolute Gasteiger partial charge is 0.493 e. The normalized spacial score (nSPS) is 22.6. The number of halogens is 1. The van der Waals surface area contributed by atoms with Crippen LogP contribution in [0.2, 0.25) is 0 Å². The first kappa shape index (κ1) is 25.2. The second-order valence-electron chi connectivity index (χ2n) is 10.7. The Morgan fingerprint density at radius 3 is 2.79 bits per heavy atom. The third kappa shape index (κ3) is 4.24. The molecule has 0 saturated carbocycles. The Morgan fingerprint density at radius 2 is 2.11 bits per heavy atom. The number of ether oxygens (including phenoxy) is 1. The van der Waals surface area contributed by atoms with Crippen molar-refractivity contribution in [2.45, 2.75) is 57.1 Å². The van der Waals surface area contributed by atoms with Crippen molar-refractivity contribution in [3.63, 3.8) is 0 Å². The van der Waals surface area contributed by atoms with E-state index < -0.39 is 6.17 Å². The molecule has 4 aromatic heterocycles. The molecule has 0 radical (unpaired) electrons. The Hall–Kier alpha value is -3.08. The average molecular weight is 542 g/mol. The Bertz CT molecular complexity index is 1520. The van der Waals surface area contributed by atoms with Crippen LogP contribution in [-0.2, 0) is 11.3 Å². The van der Waals surface area contributed by atoms with Crippen LogP contribution in [0.15, 0.2) is 18.2 Å². The van der Waals surface area contributed by atoms with Crippen molar-refractivity contribution >= 4 is 37.7 Å². The van der Waals surface area contributed by atoms with E-state index in [1.807, 2.05) is 13.0 Å². The van der Waals surface area contributed by atoms with Gasteiger partial charge in [0.05, 0.1) is 31.0 Å². The first-order chi connectivity index (χ1) is 18.1. The van der Waals surface area contributed by atoms with Gasteiger partial charge in [0.1, 0.15) is 23.0 Å². The van der Waals surface area contributed by atoms with Gasteiger partial charge in [0.15, 0.2) is 11.5 Å². The van der Waals surface area contributed by atoms with Crippen LogP contribution >= 0.6 is 9.24 Å². The first-order valence-corrected chi connectivity index (χ1v) is 13.5. The van der Waals surface area contributed by atoms with Gasteiger partial charge in [-0.3, -0.25) is 4.90 Å². The average Bonchev–Trinajstić information content (AvgIpc) is 3.34. The topological polar surface area (TPSA) is 132 Å². The monoisotopic (exact) mass is 541 g/mol.